The van der Waals surface area contributed by atoms with Crippen molar-refractivity contribution < 1.29 is 0 Å². The molecule has 9 rings (SSSR count). The molecule has 3 aliphatic carbocycles. The molecule has 56 heavy (non-hydrogen) atoms. The second-order valence-electron chi connectivity index (χ2n) is 14.9. The number of benzene rings is 6. The summed E-state index contributed by atoms with van der Waals surface area (Å²) in [5.41, 5.74) is 20.7. The third kappa shape index (κ3) is 6.60. The van der Waals surface area contributed by atoms with Crippen molar-refractivity contribution in [1.29, 1.82) is 0 Å². The number of amidine groups is 2. The molecule has 0 saturated heterocycles. The zero-order valence-corrected chi connectivity index (χ0v) is 31.6. The van der Waals surface area contributed by atoms with Crippen LogP contribution in [0.5, 0.6) is 0 Å². The van der Waals surface area contributed by atoms with E-state index in [1.54, 1.807) is 0 Å². The minimum Gasteiger partial charge on any atom is -0.387 e. The Bertz CT molecular complexity index is 2570. The highest BCUT2D eigenvalue weighted by Gasteiger charge is 2.48. The third-order valence-electron chi connectivity index (χ3n) is 11.4. The zero-order valence-electron chi connectivity index (χ0n) is 31.6. The summed E-state index contributed by atoms with van der Waals surface area (Å²) < 4.78 is 0. The van der Waals surface area contributed by atoms with E-state index in [2.05, 4.69) is 188 Å². The first-order valence-electron chi connectivity index (χ1n) is 19.8. The SMILES string of the molecule is NC(=NC(=NCc1ccccc1)c1cccc(-c2cccc(-c3cccc4c3C(C3=CC=CCC=C3)(c3ccccc3)c3ccccc3-4)c2)c1)C1C=CCCC1. The van der Waals surface area contributed by atoms with Gasteiger partial charge in [0, 0.05) is 11.5 Å². The van der Waals surface area contributed by atoms with E-state index in [1.165, 1.54) is 44.5 Å². The second kappa shape index (κ2) is 15.6. The molecular formula is C53H45N3. The molecule has 6 aromatic rings. The average molecular weight is 724 g/mol. The summed E-state index contributed by atoms with van der Waals surface area (Å²) in [4.78, 5) is 10.1. The smallest absolute Gasteiger partial charge is 0.156 e. The van der Waals surface area contributed by atoms with Crippen LogP contribution in [0.3, 0.4) is 0 Å². The van der Waals surface area contributed by atoms with E-state index in [1.807, 2.05) is 6.07 Å². The molecule has 3 nitrogen and oxygen atoms in total. The van der Waals surface area contributed by atoms with Gasteiger partial charge in [0.05, 0.1) is 12.0 Å². The maximum atomic E-state index is 6.70. The quantitative estimate of drug-likeness (QED) is 0.0949. The van der Waals surface area contributed by atoms with Gasteiger partial charge in [0.2, 0.25) is 0 Å². The number of fused-ring (bicyclic) bond motifs is 3. The summed E-state index contributed by atoms with van der Waals surface area (Å²) in [6.07, 6.45) is 20.0. The van der Waals surface area contributed by atoms with Gasteiger partial charge in [0.1, 0.15) is 5.84 Å². The van der Waals surface area contributed by atoms with E-state index in [0.29, 0.717) is 18.2 Å². The lowest BCUT2D eigenvalue weighted by molar-refractivity contribution is 0.652. The molecule has 0 heterocycles. The molecule has 0 saturated carbocycles. The van der Waals surface area contributed by atoms with Crippen LogP contribution in [0.4, 0.5) is 0 Å². The third-order valence-corrected chi connectivity index (χ3v) is 11.4. The monoisotopic (exact) mass is 723 g/mol. The number of hydrogen-bond donors (Lipinski definition) is 1. The van der Waals surface area contributed by atoms with E-state index >= 15 is 0 Å². The Balaban J connectivity index is 1.17. The van der Waals surface area contributed by atoms with Gasteiger partial charge >= 0.3 is 0 Å². The van der Waals surface area contributed by atoms with Crippen LogP contribution in [0, 0.1) is 5.92 Å². The standard InChI is InChI=1S/C53H45N3/c54-51(39-21-8-4-9-22-39)56-52(55-37-38-19-6-3-7-20-38)43-26-17-24-41(36-43)40-23-16-25-42(35-40)46-32-18-33-48-47-31-14-15-34-49(47)53(50(46)48,45-29-12-5-13-30-45)44-27-10-1-2-11-28-44/h1,3,5-8,10-21,23-36,39H,2,4,9,22,37H2,(H2,54,55,56). The largest absolute Gasteiger partial charge is 0.387 e. The van der Waals surface area contributed by atoms with Gasteiger partial charge in [-0.25, -0.2) is 4.99 Å². The predicted octanol–water partition coefficient (Wildman–Crippen LogP) is 12.4. The van der Waals surface area contributed by atoms with Crippen molar-refractivity contribution >= 4 is 11.7 Å². The fraction of sp³-hybridized carbons (Fsp3) is 0.132. The molecule has 0 aromatic heterocycles. The van der Waals surface area contributed by atoms with Crippen molar-refractivity contribution in [3.8, 4) is 33.4 Å². The van der Waals surface area contributed by atoms with Crippen molar-refractivity contribution in [1.82, 2.24) is 0 Å². The van der Waals surface area contributed by atoms with Gasteiger partial charge < -0.3 is 5.73 Å². The highest BCUT2D eigenvalue weighted by atomic mass is 15.0. The lowest BCUT2D eigenvalue weighted by Gasteiger charge is -2.36. The molecule has 0 amide bonds. The van der Waals surface area contributed by atoms with Crippen LogP contribution >= 0.6 is 0 Å². The highest BCUT2D eigenvalue weighted by molar-refractivity contribution is 6.07. The first-order chi connectivity index (χ1) is 27.7. The van der Waals surface area contributed by atoms with Crippen LogP contribution in [0.1, 0.15) is 53.5 Å². The number of rotatable bonds is 8. The molecule has 0 radical (unpaired) electrons. The molecular weight excluding hydrogens is 679 g/mol. The maximum absolute atomic E-state index is 6.70. The van der Waals surface area contributed by atoms with Crippen molar-refractivity contribution in [3.05, 3.63) is 228 Å². The number of nitrogens with two attached hydrogens (primary N) is 1. The summed E-state index contributed by atoms with van der Waals surface area (Å²) >= 11 is 0. The fourth-order valence-electron chi connectivity index (χ4n) is 8.79. The van der Waals surface area contributed by atoms with Gasteiger partial charge in [-0.3, -0.25) is 4.99 Å². The van der Waals surface area contributed by atoms with Crippen LogP contribution < -0.4 is 5.73 Å². The summed E-state index contributed by atoms with van der Waals surface area (Å²) in [7, 11) is 0. The average Bonchev–Trinajstić information content (AvgIpc) is 3.36. The van der Waals surface area contributed by atoms with Gasteiger partial charge in [0.15, 0.2) is 5.84 Å². The summed E-state index contributed by atoms with van der Waals surface area (Å²) in [6.45, 7) is 0.527. The number of allylic oxidation sites excluding steroid dienone is 7. The molecule has 6 aromatic carbocycles. The maximum Gasteiger partial charge on any atom is 0.156 e. The van der Waals surface area contributed by atoms with E-state index in [4.69, 9.17) is 15.7 Å². The van der Waals surface area contributed by atoms with Crippen molar-refractivity contribution in [2.75, 3.05) is 0 Å². The van der Waals surface area contributed by atoms with Crippen LogP contribution in [-0.2, 0) is 12.0 Å². The predicted molar refractivity (Wildman–Crippen MR) is 235 cm³/mol. The minimum atomic E-state index is -0.500. The molecule has 0 fully saturated rings. The lowest BCUT2D eigenvalue weighted by atomic mass is 9.65. The topological polar surface area (TPSA) is 50.7 Å². The minimum absolute atomic E-state index is 0.132. The van der Waals surface area contributed by atoms with Crippen molar-refractivity contribution in [2.24, 2.45) is 21.6 Å². The van der Waals surface area contributed by atoms with Crippen molar-refractivity contribution in [2.45, 2.75) is 37.6 Å². The molecule has 0 aliphatic heterocycles. The summed E-state index contributed by atoms with van der Waals surface area (Å²) in [5.74, 6) is 1.41. The lowest BCUT2D eigenvalue weighted by Crippen LogP contribution is -2.29. The van der Waals surface area contributed by atoms with Gasteiger partial charge in [-0.05, 0) is 99.0 Å². The Morgan fingerprint density at radius 3 is 2.21 bits per heavy atom. The van der Waals surface area contributed by atoms with E-state index < -0.39 is 5.41 Å². The van der Waals surface area contributed by atoms with Crippen LogP contribution in [0.15, 0.2) is 210 Å². The molecule has 0 spiro atoms. The Morgan fingerprint density at radius 1 is 0.661 bits per heavy atom. The van der Waals surface area contributed by atoms with Crippen LogP contribution in [0.25, 0.3) is 33.4 Å². The molecule has 2 atom stereocenters. The Kier molecular flexibility index (Phi) is 9.82. The Hall–Kier alpha value is -6.58. The van der Waals surface area contributed by atoms with E-state index in [-0.39, 0.29) is 5.92 Å². The molecule has 2 unspecified atom stereocenters. The highest BCUT2D eigenvalue weighted by Crippen LogP contribution is 2.59. The molecule has 2 N–H and O–H groups in total. The first kappa shape index (κ1) is 35.1. The van der Waals surface area contributed by atoms with Crippen LogP contribution in [0.2, 0.25) is 0 Å². The van der Waals surface area contributed by atoms with Gasteiger partial charge in [-0.2, -0.15) is 0 Å². The van der Waals surface area contributed by atoms with Gasteiger partial charge in [-0.15, -0.1) is 0 Å². The fourth-order valence-corrected chi connectivity index (χ4v) is 8.79. The summed E-state index contributed by atoms with van der Waals surface area (Å²) in [5, 5.41) is 0. The molecule has 3 heteroatoms. The van der Waals surface area contributed by atoms with Gasteiger partial charge in [-0.1, -0.05) is 182 Å². The second-order valence-corrected chi connectivity index (χ2v) is 14.9. The van der Waals surface area contributed by atoms with Crippen molar-refractivity contribution in [3.63, 3.8) is 0 Å². The Labute approximate surface area is 330 Å². The molecule has 0 bridgehead atoms. The van der Waals surface area contributed by atoms with E-state index in [0.717, 1.165) is 47.9 Å². The Morgan fingerprint density at radius 2 is 1.38 bits per heavy atom. The number of aliphatic imine (C=N–C) groups is 2. The van der Waals surface area contributed by atoms with Crippen LogP contribution in [-0.4, -0.2) is 11.7 Å². The normalized spacial score (nSPS) is 18.9. The number of hydrogen-bond acceptors (Lipinski definition) is 1. The molecule has 3 aliphatic rings. The molecule has 272 valence electrons. The number of nitrogens with zero attached hydrogens (tertiary/aromatic N) is 2. The van der Waals surface area contributed by atoms with E-state index in [9.17, 15) is 0 Å². The zero-order chi connectivity index (χ0) is 37.7. The van der Waals surface area contributed by atoms with Gasteiger partial charge in [0.25, 0.3) is 0 Å². The first-order valence-corrected chi connectivity index (χ1v) is 19.8. The summed E-state index contributed by atoms with van der Waals surface area (Å²) in [6, 6.07) is 54.8.